The van der Waals surface area contributed by atoms with Gasteiger partial charge in [-0.15, -0.1) is 11.3 Å². The van der Waals surface area contributed by atoms with Crippen LogP contribution in [0.3, 0.4) is 0 Å². The van der Waals surface area contributed by atoms with Crippen molar-refractivity contribution < 1.29 is 18.0 Å². The molecule has 188 valence electrons. The molecule has 6 nitrogen and oxygen atoms in total. The average Bonchev–Trinajstić information content (AvgIpc) is 3.30. The van der Waals surface area contributed by atoms with Gasteiger partial charge in [-0.2, -0.15) is 0 Å². The summed E-state index contributed by atoms with van der Waals surface area (Å²) in [5.41, 5.74) is 2.31. The molecule has 9 heteroatoms. The van der Waals surface area contributed by atoms with Gasteiger partial charge < -0.3 is 10.6 Å². The van der Waals surface area contributed by atoms with E-state index in [4.69, 9.17) is 11.6 Å². The van der Waals surface area contributed by atoms with Crippen molar-refractivity contribution in [3.63, 3.8) is 0 Å². The SMILES string of the molecule is CC(C)(C)C1CCc2c(sc(NC(=O)/C=C/c3ccccc3Cl)c2C(=O)NC2CCS(=O)(=O)C2)C1. The Hall–Kier alpha value is -2.16. The van der Waals surface area contributed by atoms with Gasteiger partial charge in [0.25, 0.3) is 5.91 Å². The monoisotopic (exact) mass is 534 g/mol. The van der Waals surface area contributed by atoms with Gasteiger partial charge in [-0.1, -0.05) is 50.6 Å². The zero-order valence-electron chi connectivity index (χ0n) is 20.2. The van der Waals surface area contributed by atoms with E-state index in [2.05, 4.69) is 31.4 Å². The summed E-state index contributed by atoms with van der Waals surface area (Å²) >= 11 is 7.63. The topological polar surface area (TPSA) is 92.3 Å². The summed E-state index contributed by atoms with van der Waals surface area (Å²) in [4.78, 5) is 27.3. The van der Waals surface area contributed by atoms with Crippen molar-refractivity contribution in [3.8, 4) is 0 Å². The Morgan fingerprint density at radius 3 is 2.57 bits per heavy atom. The summed E-state index contributed by atoms with van der Waals surface area (Å²) in [6.07, 6.45) is 6.03. The molecule has 1 saturated heterocycles. The molecule has 2 heterocycles. The zero-order valence-corrected chi connectivity index (χ0v) is 22.6. The Morgan fingerprint density at radius 2 is 1.91 bits per heavy atom. The fourth-order valence-corrected chi connectivity index (χ4v) is 7.95. The van der Waals surface area contributed by atoms with Crippen molar-refractivity contribution >= 4 is 55.7 Å². The van der Waals surface area contributed by atoms with Crippen LogP contribution in [0.15, 0.2) is 30.3 Å². The van der Waals surface area contributed by atoms with Crippen molar-refractivity contribution in [3.05, 3.63) is 56.9 Å². The van der Waals surface area contributed by atoms with E-state index >= 15 is 0 Å². The first kappa shape index (κ1) is 25.9. The molecule has 0 saturated carbocycles. The van der Waals surface area contributed by atoms with Gasteiger partial charge >= 0.3 is 0 Å². The van der Waals surface area contributed by atoms with E-state index in [9.17, 15) is 18.0 Å². The maximum atomic E-state index is 13.4. The predicted octanol–water partition coefficient (Wildman–Crippen LogP) is 5.12. The summed E-state index contributed by atoms with van der Waals surface area (Å²) in [6.45, 7) is 6.69. The third-order valence-corrected chi connectivity index (χ3v) is 10.1. The Kier molecular flexibility index (Phi) is 7.46. The van der Waals surface area contributed by atoms with Crippen molar-refractivity contribution in [1.82, 2.24) is 5.32 Å². The second kappa shape index (κ2) is 10.1. The van der Waals surface area contributed by atoms with E-state index in [0.717, 1.165) is 35.3 Å². The van der Waals surface area contributed by atoms with E-state index in [1.165, 1.54) is 17.4 Å². The fourth-order valence-electron chi connectivity index (χ4n) is 4.75. The number of nitrogens with one attached hydrogen (secondary N) is 2. The first-order valence-corrected chi connectivity index (χ1v) is 14.8. The molecule has 0 bridgehead atoms. The summed E-state index contributed by atoms with van der Waals surface area (Å²) in [6, 6.07) is 6.83. The van der Waals surface area contributed by atoms with Crippen molar-refractivity contribution in [1.29, 1.82) is 0 Å². The molecule has 35 heavy (non-hydrogen) atoms. The normalized spacial score (nSPS) is 21.6. The largest absolute Gasteiger partial charge is 0.348 e. The number of hydrogen-bond donors (Lipinski definition) is 2. The van der Waals surface area contributed by atoms with Gasteiger partial charge in [-0.3, -0.25) is 9.59 Å². The Balaban J connectivity index is 1.60. The van der Waals surface area contributed by atoms with Crippen LogP contribution in [0.4, 0.5) is 5.00 Å². The third-order valence-electron chi connectivity index (χ3n) is 6.84. The number of benzene rings is 1. The Morgan fingerprint density at radius 1 is 1.17 bits per heavy atom. The van der Waals surface area contributed by atoms with Crippen LogP contribution in [0, 0.1) is 11.3 Å². The highest BCUT2D eigenvalue weighted by Crippen LogP contribution is 2.44. The number of carbonyl (C=O) groups excluding carboxylic acids is 2. The number of anilines is 1. The van der Waals surface area contributed by atoms with Crippen molar-refractivity contribution in [2.75, 3.05) is 16.8 Å². The highest BCUT2D eigenvalue weighted by molar-refractivity contribution is 7.91. The number of fused-ring (bicyclic) bond motifs is 1. The van der Waals surface area contributed by atoms with Crippen LogP contribution in [0.1, 0.15) is 60.0 Å². The summed E-state index contributed by atoms with van der Waals surface area (Å²) in [5.74, 6) is -0.145. The molecule has 2 N–H and O–H groups in total. The van der Waals surface area contributed by atoms with Gasteiger partial charge in [-0.05, 0) is 60.3 Å². The van der Waals surface area contributed by atoms with Crippen molar-refractivity contribution in [2.45, 2.75) is 52.5 Å². The number of amides is 2. The zero-order chi connectivity index (χ0) is 25.4. The molecule has 1 aliphatic carbocycles. The molecule has 1 aromatic heterocycles. The number of sulfone groups is 1. The molecule has 2 aromatic rings. The molecule has 4 rings (SSSR count). The lowest BCUT2D eigenvalue weighted by molar-refractivity contribution is -0.111. The fraction of sp³-hybridized carbons (Fsp3) is 0.462. The quantitative estimate of drug-likeness (QED) is 0.521. The van der Waals surface area contributed by atoms with Gasteiger partial charge in [0, 0.05) is 22.0 Å². The Bertz CT molecular complexity index is 1270. The first-order valence-electron chi connectivity index (χ1n) is 11.8. The standard InChI is InChI=1S/C26H31ClN2O4S2/c1-26(2,3)17-9-10-19-21(14-17)34-25(23(19)24(31)28-18-12-13-35(32,33)15-18)29-22(30)11-8-16-6-4-5-7-20(16)27/h4-8,11,17-18H,9-10,12-15H2,1-3H3,(H,28,31)(H,29,30)/b11-8+. The lowest BCUT2D eigenvalue weighted by Gasteiger charge is -2.33. The van der Waals surface area contributed by atoms with Gasteiger partial charge in [-0.25, -0.2) is 8.42 Å². The van der Waals surface area contributed by atoms with Crippen LogP contribution in [0.2, 0.25) is 5.02 Å². The lowest BCUT2D eigenvalue weighted by atomic mass is 9.72. The van der Waals surface area contributed by atoms with Gasteiger partial charge in [0.05, 0.1) is 17.1 Å². The minimum Gasteiger partial charge on any atom is -0.348 e. The van der Waals surface area contributed by atoms with E-state index in [-0.39, 0.29) is 28.7 Å². The molecular formula is C26H31ClN2O4S2. The van der Waals surface area contributed by atoms with E-state index in [0.29, 0.717) is 27.9 Å². The molecule has 2 aliphatic rings. The number of halogens is 1. The number of rotatable bonds is 5. The number of thiophene rings is 1. The van der Waals surface area contributed by atoms with Crippen LogP contribution in [-0.2, 0) is 27.5 Å². The predicted molar refractivity (Wildman–Crippen MR) is 143 cm³/mol. The molecule has 2 unspecified atom stereocenters. The highest BCUT2D eigenvalue weighted by atomic mass is 35.5. The summed E-state index contributed by atoms with van der Waals surface area (Å²) < 4.78 is 23.7. The summed E-state index contributed by atoms with van der Waals surface area (Å²) in [5, 5.41) is 6.87. The van der Waals surface area contributed by atoms with Gasteiger partial charge in [0.15, 0.2) is 9.84 Å². The van der Waals surface area contributed by atoms with Crippen LogP contribution in [0.5, 0.6) is 0 Å². The third kappa shape index (κ3) is 6.16. The molecular weight excluding hydrogens is 504 g/mol. The molecule has 1 aromatic carbocycles. The van der Waals surface area contributed by atoms with E-state index < -0.39 is 15.9 Å². The lowest BCUT2D eigenvalue weighted by Crippen LogP contribution is -2.36. The maximum absolute atomic E-state index is 13.4. The highest BCUT2D eigenvalue weighted by Gasteiger charge is 2.35. The number of carbonyl (C=O) groups is 2. The molecule has 2 amide bonds. The Labute approximate surface area is 216 Å². The van der Waals surface area contributed by atoms with Gasteiger partial charge in [0.2, 0.25) is 5.91 Å². The molecule has 2 atom stereocenters. The van der Waals surface area contributed by atoms with E-state index in [1.54, 1.807) is 12.1 Å². The first-order chi connectivity index (χ1) is 16.4. The second-order valence-corrected chi connectivity index (χ2v) is 14.2. The minimum atomic E-state index is -3.12. The molecule has 1 fully saturated rings. The van der Waals surface area contributed by atoms with Gasteiger partial charge in [0.1, 0.15) is 5.00 Å². The van der Waals surface area contributed by atoms with Crippen LogP contribution < -0.4 is 10.6 Å². The molecule has 0 radical (unpaired) electrons. The van der Waals surface area contributed by atoms with E-state index in [1.807, 2.05) is 18.2 Å². The van der Waals surface area contributed by atoms with Crippen LogP contribution in [0.25, 0.3) is 6.08 Å². The smallest absolute Gasteiger partial charge is 0.254 e. The minimum absolute atomic E-state index is 0.0422. The van der Waals surface area contributed by atoms with Crippen LogP contribution in [-0.4, -0.2) is 37.8 Å². The average molecular weight is 535 g/mol. The summed E-state index contributed by atoms with van der Waals surface area (Å²) in [7, 11) is -3.12. The van der Waals surface area contributed by atoms with Crippen LogP contribution >= 0.6 is 22.9 Å². The number of hydrogen-bond acceptors (Lipinski definition) is 5. The van der Waals surface area contributed by atoms with Crippen molar-refractivity contribution in [2.24, 2.45) is 11.3 Å². The maximum Gasteiger partial charge on any atom is 0.254 e. The molecule has 1 aliphatic heterocycles. The second-order valence-electron chi connectivity index (χ2n) is 10.4. The molecule has 0 spiro atoms.